The van der Waals surface area contributed by atoms with Crippen LogP contribution in [-0.2, 0) is 9.53 Å². The van der Waals surface area contributed by atoms with Crippen molar-refractivity contribution in [2.45, 2.75) is 70.7 Å². The Labute approximate surface area is 155 Å². The molecule has 4 N–H and O–H groups in total. The summed E-state index contributed by atoms with van der Waals surface area (Å²) in [5.41, 5.74) is -1.37. The van der Waals surface area contributed by atoms with Crippen LogP contribution in [0.2, 0.25) is 0 Å². The number of aliphatic carboxylic acids is 1. The van der Waals surface area contributed by atoms with Gasteiger partial charge in [-0.25, -0.2) is 4.79 Å². The smallest absolute Gasteiger partial charge is 0.317 e. The van der Waals surface area contributed by atoms with Gasteiger partial charge in [0.1, 0.15) is 0 Å². The Morgan fingerprint density at radius 3 is 2.42 bits per heavy atom. The highest BCUT2D eigenvalue weighted by atomic mass is 16.5. The molecule has 2 amide bonds. The second-order valence-corrected chi connectivity index (χ2v) is 8.01. The SMILES string of the molecule is CCOC1CC(O)(CNC(=O)NC2CC(N(CC)CC(=O)O)C2)C1(C)C. The standard InChI is InChI=1S/C18H33N3O5/c1-5-21(10-15(22)23)13-7-12(8-13)20-16(24)19-11-18(25)9-14(26-6-2)17(18,3)4/h12-14,25H,5-11H2,1-4H3,(H,22,23)(H2,19,20,24). The van der Waals surface area contributed by atoms with Gasteiger partial charge in [0.2, 0.25) is 0 Å². The molecule has 2 unspecified atom stereocenters. The summed E-state index contributed by atoms with van der Waals surface area (Å²) >= 11 is 0. The lowest BCUT2D eigenvalue weighted by Crippen LogP contribution is -2.69. The van der Waals surface area contributed by atoms with E-state index in [1.807, 2.05) is 32.6 Å². The summed E-state index contributed by atoms with van der Waals surface area (Å²) in [5.74, 6) is -0.831. The van der Waals surface area contributed by atoms with Crippen LogP contribution < -0.4 is 10.6 Å². The minimum Gasteiger partial charge on any atom is -0.480 e. The Morgan fingerprint density at radius 2 is 1.92 bits per heavy atom. The highest BCUT2D eigenvalue weighted by Gasteiger charge is 2.60. The van der Waals surface area contributed by atoms with Crippen molar-refractivity contribution in [2.24, 2.45) is 5.41 Å². The van der Waals surface area contributed by atoms with E-state index in [1.165, 1.54) is 0 Å². The molecule has 2 saturated carbocycles. The summed E-state index contributed by atoms with van der Waals surface area (Å²) in [7, 11) is 0. The van der Waals surface area contributed by atoms with Crippen molar-refractivity contribution < 1.29 is 24.5 Å². The number of aliphatic hydroxyl groups is 1. The third kappa shape index (κ3) is 4.29. The summed E-state index contributed by atoms with van der Waals surface area (Å²) in [6.45, 7) is 9.28. The van der Waals surface area contributed by atoms with Crippen molar-refractivity contribution in [3.05, 3.63) is 0 Å². The number of nitrogens with one attached hydrogen (secondary N) is 2. The summed E-state index contributed by atoms with van der Waals surface area (Å²) in [5, 5.41) is 25.3. The second kappa shape index (κ2) is 8.10. The van der Waals surface area contributed by atoms with E-state index >= 15 is 0 Å². The van der Waals surface area contributed by atoms with Crippen LogP contribution in [0.5, 0.6) is 0 Å². The molecule has 0 bridgehead atoms. The van der Waals surface area contributed by atoms with Gasteiger partial charge in [-0.2, -0.15) is 0 Å². The molecule has 0 heterocycles. The lowest BCUT2D eigenvalue weighted by molar-refractivity contribution is -0.237. The van der Waals surface area contributed by atoms with E-state index in [4.69, 9.17) is 9.84 Å². The van der Waals surface area contributed by atoms with Crippen molar-refractivity contribution in [1.29, 1.82) is 0 Å². The van der Waals surface area contributed by atoms with Crippen LogP contribution in [0, 0.1) is 5.41 Å². The number of carbonyl (C=O) groups is 2. The Hall–Kier alpha value is -1.38. The first-order valence-corrected chi connectivity index (χ1v) is 9.47. The number of carbonyl (C=O) groups excluding carboxylic acids is 1. The molecule has 2 rings (SSSR count). The van der Waals surface area contributed by atoms with Crippen LogP contribution in [0.4, 0.5) is 4.79 Å². The maximum atomic E-state index is 12.1. The molecule has 8 nitrogen and oxygen atoms in total. The molecule has 0 spiro atoms. The van der Waals surface area contributed by atoms with Crippen molar-refractivity contribution in [3.8, 4) is 0 Å². The van der Waals surface area contributed by atoms with Gasteiger partial charge in [0.25, 0.3) is 0 Å². The molecular weight excluding hydrogens is 338 g/mol. The topological polar surface area (TPSA) is 111 Å². The van der Waals surface area contributed by atoms with Gasteiger partial charge in [-0.15, -0.1) is 0 Å². The van der Waals surface area contributed by atoms with E-state index in [0.717, 1.165) is 12.8 Å². The third-order valence-corrected chi connectivity index (χ3v) is 6.15. The van der Waals surface area contributed by atoms with E-state index < -0.39 is 17.0 Å². The minimum atomic E-state index is -0.965. The van der Waals surface area contributed by atoms with E-state index in [0.29, 0.717) is 19.6 Å². The lowest BCUT2D eigenvalue weighted by Gasteiger charge is -2.57. The van der Waals surface area contributed by atoms with Crippen LogP contribution in [0.25, 0.3) is 0 Å². The zero-order valence-electron chi connectivity index (χ0n) is 16.2. The van der Waals surface area contributed by atoms with Gasteiger partial charge in [0.05, 0.1) is 18.2 Å². The van der Waals surface area contributed by atoms with Crippen LogP contribution in [0.1, 0.15) is 47.0 Å². The number of amides is 2. The number of rotatable bonds is 9. The van der Waals surface area contributed by atoms with Crippen molar-refractivity contribution >= 4 is 12.0 Å². The Bertz CT molecular complexity index is 521. The third-order valence-electron chi connectivity index (χ3n) is 6.15. The van der Waals surface area contributed by atoms with Gasteiger partial charge in [-0.05, 0) is 26.3 Å². The molecule has 150 valence electrons. The van der Waals surface area contributed by atoms with E-state index in [9.17, 15) is 14.7 Å². The molecule has 2 atom stereocenters. The Kier molecular flexibility index (Phi) is 6.52. The van der Waals surface area contributed by atoms with Gasteiger partial charge in [-0.3, -0.25) is 9.69 Å². The predicted octanol–water partition coefficient (Wildman–Crippen LogP) is 0.789. The van der Waals surface area contributed by atoms with Gasteiger partial charge in [-0.1, -0.05) is 20.8 Å². The zero-order chi connectivity index (χ0) is 19.5. The monoisotopic (exact) mass is 371 g/mol. The molecular formula is C18H33N3O5. The molecule has 0 saturated heterocycles. The number of urea groups is 1. The van der Waals surface area contributed by atoms with Gasteiger partial charge >= 0.3 is 12.0 Å². The highest BCUT2D eigenvalue weighted by molar-refractivity contribution is 5.74. The number of hydrogen-bond acceptors (Lipinski definition) is 5. The van der Waals surface area contributed by atoms with Gasteiger partial charge < -0.3 is 25.6 Å². The van der Waals surface area contributed by atoms with Gasteiger partial charge in [0, 0.05) is 37.1 Å². The molecule has 0 radical (unpaired) electrons. The summed E-state index contributed by atoms with van der Waals surface area (Å²) in [6.07, 6.45) is 2.01. The molecule has 2 fully saturated rings. The summed E-state index contributed by atoms with van der Waals surface area (Å²) < 4.78 is 5.62. The fourth-order valence-electron chi connectivity index (χ4n) is 3.90. The van der Waals surface area contributed by atoms with Crippen molar-refractivity contribution in [2.75, 3.05) is 26.2 Å². The lowest BCUT2D eigenvalue weighted by atomic mass is 9.56. The first kappa shape index (κ1) is 20.9. The molecule has 2 aliphatic rings. The van der Waals surface area contributed by atoms with E-state index in [1.54, 1.807) is 0 Å². The minimum absolute atomic E-state index is 0.00372. The zero-order valence-corrected chi connectivity index (χ0v) is 16.2. The predicted molar refractivity (Wildman–Crippen MR) is 97.0 cm³/mol. The number of nitrogens with zero attached hydrogens (tertiary/aromatic N) is 1. The number of likely N-dealkylation sites (N-methyl/N-ethyl adjacent to an activating group) is 1. The Balaban J connectivity index is 1.70. The first-order valence-electron chi connectivity index (χ1n) is 9.47. The molecule has 0 aliphatic heterocycles. The number of carboxylic acid groups (broad SMARTS) is 1. The van der Waals surface area contributed by atoms with E-state index in [2.05, 4.69) is 10.6 Å². The molecule has 0 aromatic rings. The maximum absolute atomic E-state index is 12.1. The van der Waals surface area contributed by atoms with Crippen molar-refractivity contribution in [3.63, 3.8) is 0 Å². The fourth-order valence-corrected chi connectivity index (χ4v) is 3.90. The molecule has 0 aromatic carbocycles. The Morgan fingerprint density at radius 1 is 1.27 bits per heavy atom. The maximum Gasteiger partial charge on any atom is 0.317 e. The number of ether oxygens (including phenoxy) is 1. The quantitative estimate of drug-likeness (QED) is 0.477. The van der Waals surface area contributed by atoms with Crippen molar-refractivity contribution in [1.82, 2.24) is 15.5 Å². The van der Waals surface area contributed by atoms with Crippen LogP contribution in [-0.4, -0.2) is 77.1 Å². The molecule has 8 heteroatoms. The molecule has 26 heavy (non-hydrogen) atoms. The summed E-state index contributed by atoms with van der Waals surface area (Å²) in [4.78, 5) is 24.9. The highest BCUT2D eigenvalue weighted by Crippen LogP contribution is 2.50. The van der Waals surface area contributed by atoms with Crippen LogP contribution in [0.15, 0.2) is 0 Å². The van der Waals surface area contributed by atoms with E-state index in [-0.39, 0.29) is 37.3 Å². The van der Waals surface area contributed by atoms with Gasteiger partial charge in [0.15, 0.2) is 0 Å². The first-order chi connectivity index (χ1) is 12.1. The van der Waals surface area contributed by atoms with Crippen LogP contribution in [0.3, 0.4) is 0 Å². The fraction of sp³-hybridized carbons (Fsp3) is 0.889. The summed E-state index contributed by atoms with van der Waals surface area (Å²) in [6, 6.07) is -0.0509. The number of carboxylic acids is 1. The average Bonchev–Trinajstić information content (AvgIpc) is 2.53. The van der Waals surface area contributed by atoms with Crippen LogP contribution >= 0.6 is 0 Å². The normalized spacial score (nSPS) is 32.5. The second-order valence-electron chi connectivity index (χ2n) is 8.01. The molecule has 0 aromatic heterocycles. The largest absolute Gasteiger partial charge is 0.480 e. The average molecular weight is 371 g/mol. The molecule has 2 aliphatic carbocycles. The number of hydrogen-bond donors (Lipinski definition) is 4.